The highest BCUT2D eigenvalue weighted by molar-refractivity contribution is 4.87. The van der Waals surface area contributed by atoms with Crippen LogP contribution in [0.4, 0.5) is 0 Å². The van der Waals surface area contributed by atoms with Gasteiger partial charge in [-0.2, -0.15) is 0 Å². The van der Waals surface area contributed by atoms with Crippen LogP contribution in [0.2, 0.25) is 0 Å². The van der Waals surface area contributed by atoms with Crippen molar-refractivity contribution in [2.75, 3.05) is 26.2 Å². The van der Waals surface area contributed by atoms with E-state index in [1.54, 1.807) is 0 Å². The Labute approximate surface area is 99.2 Å². The molecule has 2 aliphatic rings. The summed E-state index contributed by atoms with van der Waals surface area (Å²) in [5, 5.41) is 12.9. The molecule has 94 valence electrons. The standard InChI is InChI=1S/C13H26N2O/c1-13(2)6-3-7-15(10-13)8-12(9-16)14-11-4-5-11/h11-12,14,16H,3-10H2,1-2H3. The molecular weight excluding hydrogens is 200 g/mol. The van der Waals surface area contributed by atoms with Crippen LogP contribution in [0.5, 0.6) is 0 Å². The van der Waals surface area contributed by atoms with Crippen LogP contribution in [0.3, 0.4) is 0 Å². The number of likely N-dealkylation sites (tertiary alicyclic amines) is 1. The Morgan fingerprint density at radius 2 is 2.19 bits per heavy atom. The van der Waals surface area contributed by atoms with E-state index >= 15 is 0 Å². The van der Waals surface area contributed by atoms with Crippen molar-refractivity contribution in [3.63, 3.8) is 0 Å². The average Bonchev–Trinajstić information content (AvgIpc) is 2.99. The molecule has 1 unspecified atom stereocenters. The normalized spacial score (nSPS) is 27.9. The molecule has 1 saturated carbocycles. The lowest BCUT2D eigenvalue weighted by Crippen LogP contribution is -2.49. The number of piperidine rings is 1. The first kappa shape index (κ1) is 12.3. The van der Waals surface area contributed by atoms with E-state index in [2.05, 4.69) is 24.1 Å². The monoisotopic (exact) mass is 226 g/mol. The first-order valence-electron chi connectivity index (χ1n) is 6.68. The molecule has 0 aromatic heterocycles. The number of hydrogen-bond donors (Lipinski definition) is 2. The fourth-order valence-corrected chi connectivity index (χ4v) is 2.76. The van der Waals surface area contributed by atoms with Crippen molar-refractivity contribution < 1.29 is 5.11 Å². The second-order valence-corrected chi connectivity index (χ2v) is 6.32. The molecule has 1 atom stereocenters. The summed E-state index contributed by atoms with van der Waals surface area (Å²) in [7, 11) is 0. The molecular formula is C13H26N2O. The second kappa shape index (κ2) is 5.03. The molecule has 2 rings (SSSR count). The third-order valence-corrected chi connectivity index (χ3v) is 3.73. The van der Waals surface area contributed by atoms with Gasteiger partial charge in [-0.25, -0.2) is 0 Å². The summed E-state index contributed by atoms with van der Waals surface area (Å²) >= 11 is 0. The summed E-state index contributed by atoms with van der Waals surface area (Å²) in [6.45, 7) is 8.36. The number of rotatable bonds is 5. The van der Waals surface area contributed by atoms with Gasteiger partial charge >= 0.3 is 0 Å². The van der Waals surface area contributed by atoms with Gasteiger partial charge in [0, 0.05) is 25.2 Å². The number of aliphatic hydroxyl groups is 1. The van der Waals surface area contributed by atoms with E-state index in [1.807, 2.05) is 0 Å². The Kier molecular flexibility index (Phi) is 3.88. The lowest BCUT2D eigenvalue weighted by Gasteiger charge is -2.39. The molecule has 1 aliphatic carbocycles. The highest BCUT2D eigenvalue weighted by Crippen LogP contribution is 2.28. The van der Waals surface area contributed by atoms with Crippen LogP contribution >= 0.6 is 0 Å². The zero-order chi connectivity index (χ0) is 11.6. The Hall–Kier alpha value is -0.120. The lowest BCUT2D eigenvalue weighted by atomic mass is 9.84. The third-order valence-electron chi connectivity index (χ3n) is 3.73. The van der Waals surface area contributed by atoms with Crippen LogP contribution in [0.15, 0.2) is 0 Å². The fraction of sp³-hybridized carbons (Fsp3) is 1.00. The Morgan fingerprint density at radius 1 is 1.44 bits per heavy atom. The van der Waals surface area contributed by atoms with Crippen LogP contribution in [0, 0.1) is 5.41 Å². The van der Waals surface area contributed by atoms with Crippen molar-refractivity contribution in [1.82, 2.24) is 10.2 Å². The smallest absolute Gasteiger partial charge is 0.0597 e. The maximum absolute atomic E-state index is 9.37. The van der Waals surface area contributed by atoms with E-state index in [1.165, 1.54) is 38.8 Å². The van der Waals surface area contributed by atoms with Gasteiger partial charge in [0.05, 0.1) is 6.61 Å². The van der Waals surface area contributed by atoms with E-state index in [9.17, 15) is 5.11 Å². The van der Waals surface area contributed by atoms with Gasteiger partial charge in [-0.05, 0) is 37.6 Å². The summed E-state index contributed by atoms with van der Waals surface area (Å²) < 4.78 is 0. The maximum Gasteiger partial charge on any atom is 0.0597 e. The van der Waals surface area contributed by atoms with Crippen molar-refractivity contribution in [2.24, 2.45) is 5.41 Å². The zero-order valence-electron chi connectivity index (χ0n) is 10.7. The van der Waals surface area contributed by atoms with Gasteiger partial charge in [-0.3, -0.25) is 0 Å². The largest absolute Gasteiger partial charge is 0.395 e. The van der Waals surface area contributed by atoms with Crippen molar-refractivity contribution in [3.05, 3.63) is 0 Å². The summed E-state index contributed by atoms with van der Waals surface area (Å²) in [5.74, 6) is 0. The quantitative estimate of drug-likeness (QED) is 0.740. The zero-order valence-corrected chi connectivity index (χ0v) is 10.7. The van der Waals surface area contributed by atoms with Crippen LogP contribution in [0.1, 0.15) is 39.5 Å². The summed E-state index contributed by atoms with van der Waals surface area (Å²) in [6.07, 6.45) is 5.22. The molecule has 1 aliphatic heterocycles. The van der Waals surface area contributed by atoms with E-state index in [0.717, 1.165) is 6.54 Å². The molecule has 0 aromatic rings. The van der Waals surface area contributed by atoms with Crippen molar-refractivity contribution in [2.45, 2.75) is 51.6 Å². The van der Waals surface area contributed by atoms with E-state index in [0.29, 0.717) is 11.5 Å². The first-order chi connectivity index (χ1) is 7.59. The van der Waals surface area contributed by atoms with Gasteiger partial charge in [-0.1, -0.05) is 13.8 Å². The molecule has 0 spiro atoms. The van der Waals surface area contributed by atoms with Crippen molar-refractivity contribution in [3.8, 4) is 0 Å². The van der Waals surface area contributed by atoms with Gasteiger partial charge in [0.25, 0.3) is 0 Å². The van der Waals surface area contributed by atoms with Crippen LogP contribution in [-0.2, 0) is 0 Å². The average molecular weight is 226 g/mol. The Balaban J connectivity index is 1.77. The Bertz CT molecular complexity index is 226. The lowest BCUT2D eigenvalue weighted by molar-refractivity contribution is 0.0949. The molecule has 1 saturated heterocycles. The number of hydrogen-bond acceptors (Lipinski definition) is 3. The van der Waals surface area contributed by atoms with E-state index in [-0.39, 0.29) is 12.6 Å². The minimum absolute atomic E-state index is 0.271. The molecule has 0 amide bonds. The minimum Gasteiger partial charge on any atom is -0.395 e. The second-order valence-electron chi connectivity index (χ2n) is 6.32. The Morgan fingerprint density at radius 3 is 2.75 bits per heavy atom. The van der Waals surface area contributed by atoms with Crippen molar-refractivity contribution >= 4 is 0 Å². The SMILES string of the molecule is CC1(C)CCCN(CC(CO)NC2CC2)C1. The summed E-state index contributed by atoms with van der Waals surface area (Å²) in [4.78, 5) is 2.51. The predicted molar refractivity (Wildman–Crippen MR) is 66.5 cm³/mol. The molecule has 0 bridgehead atoms. The topological polar surface area (TPSA) is 35.5 Å². The van der Waals surface area contributed by atoms with E-state index in [4.69, 9.17) is 0 Å². The van der Waals surface area contributed by atoms with Gasteiger partial charge in [0.15, 0.2) is 0 Å². The van der Waals surface area contributed by atoms with Crippen LogP contribution < -0.4 is 5.32 Å². The molecule has 0 radical (unpaired) electrons. The minimum atomic E-state index is 0.271. The maximum atomic E-state index is 9.37. The number of nitrogens with one attached hydrogen (secondary N) is 1. The van der Waals surface area contributed by atoms with Crippen LogP contribution in [0.25, 0.3) is 0 Å². The highest BCUT2D eigenvalue weighted by atomic mass is 16.3. The molecule has 1 heterocycles. The number of nitrogens with zero attached hydrogens (tertiary/aromatic N) is 1. The van der Waals surface area contributed by atoms with Crippen molar-refractivity contribution in [1.29, 1.82) is 0 Å². The molecule has 2 fully saturated rings. The molecule has 16 heavy (non-hydrogen) atoms. The van der Waals surface area contributed by atoms with Gasteiger partial charge in [-0.15, -0.1) is 0 Å². The first-order valence-corrected chi connectivity index (χ1v) is 6.68. The van der Waals surface area contributed by atoms with Gasteiger partial charge in [0.1, 0.15) is 0 Å². The fourth-order valence-electron chi connectivity index (χ4n) is 2.76. The molecule has 3 heteroatoms. The third kappa shape index (κ3) is 3.72. The van der Waals surface area contributed by atoms with Crippen LogP contribution in [-0.4, -0.2) is 48.3 Å². The highest BCUT2D eigenvalue weighted by Gasteiger charge is 2.29. The predicted octanol–water partition coefficient (Wildman–Crippen LogP) is 1.22. The van der Waals surface area contributed by atoms with Gasteiger partial charge < -0.3 is 15.3 Å². The number of aliphatic hydroxyl groups excluding tert-OH is 1. The molecule has 3 nitrogen and oxygen atoms in total. The molecule has 0 aromatic carbocycles. The van der Waals surface area contributed by atoms with Gasteiger partial charge in [0.2, 0.25) is 0 Å². The summed E-state index contributed by atoms with van der Waals surface area (Å²) in [6, 6.07) is 0.969. The summed E-state index contributed by atoms with van der Waals surface area (Å²) in [5.41, 5.74) is 0.456. The molecule has 2 N–H and O–H groups in total. The van der Waals surface area contributed by atoms with E-state index < -0.39 is 0 Å².